The number of pyridine rings is 1. The minimum Gasteiger partial charge on any atom is -0.470 e. The summed E-state index contributed by atoms with van der Waals surface area (Å²) in [5, 5.41) is 9.81. The average molecular weight is 355 g/mol. The van der Waals surface area contributed by atoms with Crippen molar-refractivity contribution < 1.29 is 9.53 Å². The summed E-state index contributed by atoms with van der Waals surface area (Å²) in [7, 11) is 0. The Bertz CT molecular complexity index is 808. The number of rotatable bonds is 4. The van der Waals surface area contributed by atoms with E-state index in [4.69, 9.17) is 10.00 Å². The Morgan fingerprint density at radius 3 is 3.00 bits per heavy atom. The van der Waals surface area contributed by atoms with Gasteiger partial charge in [-0.15, -0.1) is 11.8 Å². The molecule has 0 saturated carbocycles. The largest absolute Gasteiger partial charge is 0.470 e. The van der Waals surface area contributed by atoms with Gasteiger partial charge >= 0.3 is 0 Å². The number of likely N-dealkylation sites (tertiary alicyclic amines) is 1. The maximum Gasteiger partial charge on any atom is 0.256 e. The molecule has 0 bridgehead atoms. The van der Waals surface area contributed by atoms with E-state index in [0.29, 0.717) is 18.7 Å². The number of ether oxygens (including phenoxy) is 1. The predicted molar refractivity (Wildman–Crippen MR) is 92.3 cm³/mol. The Morgan fingerprint density at radius 2 is 2.20 bits per heavy atom. The van der Waals surface area contributed by atoms with E-state index < -0.39 is 0 Å². The van der Waals surface area contributed by atoms with Crippen LogP contribution in [0, 0.1) is 11.3 Å². The van der Waals surface area contributed by atoms with Crippen LogP contribution in [-0.2, 0) is 0 Å². The molecule has 0 aromatic carbocycles. The highest BCUT2D eigenvalue weighted by atomic mass is 32.2. The lowest BCUT2D eigenvalue weighted by Crippen LogP contribution is -2.44. The van der Waals surface area contributed by atoms with E-state index in [9.17, 15) is 4.79 Å². The topological polar surface area (TPSA) is 92.0 Å². The van der Waals surface area contributed by atoms with Gasteiger partial charge in [-0.2, -0.15) is 5.26 Å². The molecule has 3 heterocycles. The number of piperidine rings is 1. The molecule has 7 nitrogen and oxygen atoms in total. The van der Waals surface area contributed by atoms with Crippen LogP contribution in [-0.4, -0.2) is 51.2 Å². The molecule has 1 aliphatic rings. The Balaban J connectivity index is 1.73. The first-order valence-corrected chi connectivity index (χ1v) is 9.11. The number of nitrogens with zero attached hydrogens (tertiary/aromatic N) is 5. The molecule has 0 aliphatic carbocycles. The summed E-state index contributed by atoms with van der Waals surface area (Å²) >= 11 is 1.45. The van der Waals surface area contributed by atoms with Crippen molar-refractivity contribution in [2.75, 3.05) is 19.3 Å². The molecule has 1 aliphatic heterocycles. The van der Waals surface area contributed by atoms with Crippen LogP contribution in [0.25, 0.3) is 0 Å². The Labute approximate surface area is 150 Å². The number of hydrogen-bond acceptors (Lipinski definition) is 7. The average Bonchev–Trinajstić information content (AvgIpc) is 2.68. The van der Waals surface area contributed by atoms with E-state index >= 15 is 0 Å². The fraction of sp³-hybridized carbons (Fsp3) is 0.353. The summed E-state index contributed by atoms with van der Waals surface area (Å²) in [5.74, 6) is 0.167. The minimum absolute atomic E-state index is 0.0506. The van der Waals surface area contributed by atoms with E-state index in [2.05, 4.69) is 15.0 Å². The number of carbonyl (C=O) groups is 1. The van der Waals surface area contributed by atoms with Crippen LogP contribution in [0.3, 0.4) is 0 Å². The van der Waals surface area contributed by atoms with Gasteiger partial charge in [-0.25, -0.2) is 15.0 Å². The molecule has 25 heavy (non-hydrogen) atoms. The number of nitriles is 1. The lowest BCUT2D eigenvalue weighted by molar-refractivity contribution is 0.0522. The second-order valence-corrected chi connectivity index (χ2v) is 6.31. The van der Waals surface area contributed by atoms with Gasteiger partial charge < -0.3 is 9.64 Å². The molecule has 0 spiro atoms. The van der Waals surface area contributed by atoms with Crippen molar-refractivity contribution in [1.82, 2.24) is 19.9 Å². The van der Waals surface area contributed by atoms with E-state index in [1.165, 1.54) is 24.2 Å². The van der Waals surface area contributed by atoms with Crippen LogP contribution in [0.4, 0.5) is 0 Å². The first kappa shape index (κ1) is 17.2. The number of aromatic nitrogens is 3. The van der Waals surface area contributed by atoms with Gasteiger partial charge in [0, 0.05) is 25.1 Å². The zero-order valence-electron chi connectivity index (χ0n) is 13.8. The second-order valence-electron chi connectivity index (χ2n) is 5.52. The maximum absolute atomic E-state index is 12.8. The first-order valence-electron chi connectivity index (χ1n) is 7.89. The summed E-state index contributed by atoms with van der Waals surface area (Å²) < 4.78 is 5.84. The zero-order valence-corrected chi connectivity index (χ0v) is 14.6. The van der Waals surface area contributed by atoms with E-state index in [0.717, 1.165) is 17.9 Å². The summed E-state index contributed by atoms with van der Waals surface area (Å²) in [4.78, 5) is 26.9. The lowest BCUT2D eigenvalue weighted by atomic mass is 10.1. The molecule has 128 valence electrons. The van der Waals surface area contributed by atoms with Crippen LogP contribution in [0.1, 0.15) is 28.9 Å². The van der Waals surface area contributed by atoms with Crippen LogP contribution >= 0.6 is 11.8 Å². The number of hydrogen-bond donors (Lipinski definition) is 0. The Kier molecular flexibility index (Phi) is 5.46. The van der Waals surface area contributed by atoms with Crippen molar-refractivity contribution in [1.29, 1.82) is 5.26 Å². The molecule has 2 aromatic rings. The third-order valence-corrected chi connectivity index (χ3v) is 4.62. The molecule has 0 N–H and O–H groups in total. The van der Waals surface area contributed by atoms with Gasteiger partial charge in [-0.05, 0) is 31.2 Å². The summed E-state index contributed by atoms with van der Waals surface area (Å²) in [6, 6.07) is 5.53. The van der Waals surface area contributed by atoms with Gasteiger partial charge in [-0.3, -0.25) is 4.79 Å². The van der Waals surface area contributed by atoms with Crippen molar-refractivity contribution in [3.05, 3.63) is 42.0 Å². The summed E-state index contributed by atoms with van der Waals surface area (Å²) in [5.41, 5.74) is 0.760. The lowest BCUT2D eigenvalue weighted by Gasteiger charge is -2.32. The SMILES string of the molecule is CSc1ncccc1C(=O)N1CCCC(Oc2nccnc2C#N)C1. The van der Waals surface area contributed by atoms with Crippen molar-refractivity contribution in [2.45, 2.75) is 24.0 Å². The fourth-order valence-corrected chi connectivity index (χ4v) is 3.29. The molecule has 1 unspecified atom stereocenters. The Morgan fingerprint density at radius 1 is 1.36 bits per heavy atom. The molecular formula is C17H17N5O2S. The van der Waals surface area contributed by atoms with Crippen molar-refractivity contribution in [2.24, 2.45) is 0 Å². The van der Waals surface area contributed by atoms with E-state index in [-0.39, 0.29) is 23.6 Å². The zero-order chi connectivity index (χ0) is 17.6. The fourth-order valence-electron chi connectivity index (χ4n) is 2.75. The van der Waals surface area contributed by atoms with Crippen LogP contribution < -0.4 is 4.74 Å². The van der Waals surface area contributed by atoms with Crippen LogP contribution in [0.15, 0.2) is 35.7 Å². The number of amides is 1. The third kappa shape index (κ3) is 3.88. The van der Waals surface area contributed by atoms with Gasteiger partial charge in [0.1, 0.15) is 17.2 Å². The molecule has 1 amide bonds. The van der Waals surface area contributed by atoms with Gasteiger partial charge in [0.15, 0.2) is 0 Å². The summed E-state index contributed by atoms with van der Waals surface area (Å²) in [6.45, 7) is 1.12. The van der Waals surface area contributed by atoms with Crippen molar-refractivity contribution in [3.63, 3.8) is 0 Å². The normalized spacial score (nSPS) is 17.0. The Hall–Kier alpha value is -2.66. The highest BCUT2D eigenvalue weighted by Crippen LogP contribution is 2.23. The van der Waals surface area contributed by atoms with Crippen molar-refractivity contribution in [3.8, 4) is 11.9 Å². The third-order valence-electron chi connectivity index (χ3n) is 3.91. The highest BCUT2D eigenvalue weighted by molar-refractivity contribution is 7.98. The molecule has 0 radical (unpaired) electrons. The molecular weight excluding hydrogens is 338 g/mol. The van der Waals surface area contributed by atoms with Gasteiger partial charge in [0.05, 0.1) is 12.1 Å². The van der Waals surface area contributed by atoms with E-state index in [1.807, 2.05) is 12.3 Å². The highest BCUT2D eigenvalue weighted by Gasteiger charge is 2.28. The smallest absolute Gasteiger partial charge is 0.256 e. The number of carbonyl (C=O) groups excluding carboxylic acids is 1. The predicted octanol–water partition coefficient (Wildman–Crippen LogP) is 2.15. The molecule has 3 rings (SSSR count). The van der Waals surface area contributed by atoms with Gasteiger partial charge in [-0.1, -0.05) is 0 Å². The first-order chi connectivity index (χ1) is 12.2. The van der Waals surface area contributed by atoms with E-state index in [1.54, 1.807) is 23.2 Å². The van der Waals surface area contributed by atoms with Crippen molar-refractivity contribution >= 4 is 17.7 Å². The molecule has 1 fully saturated rings. The van der Waals surface area contributed by atoms with Crippen LogP contribution in [0.2, 0.25) is 0 Å². The molecule has 1 saturated heterocycles. The second kappa shape index (κ2) is 7.94. The summed E-state index contributed by atoms with van der Waals surface area (Å²) in [6.07, 6.45) is 7.94. The van der Waals surface area contributed by atoms with Crippen LogP contribution in [0.5, 0.6) is 5.88 Å². The molecule has 2 aromatic heterocycles. The number of thioether (sulfide) groups is 1. The molecule has 8 heteroatoms. The van der Waals surface area contributed by atoms with Gasteiger partial charge in [0.2, 0.25) is 5.69 Å². The standard InChI is InChI=1S/C17H17N5O2S/c1-25-16-13(5-2-6-21-16)17(23)22-9-3-4-12(11-22)24-15-14(10-18)19-7-8-20-15/h2,5-8,12H,3-4,9,11H2,1H3. The molecule has 1 atom stereocenters. The monoisotopic (exact) mass is 355 g/mol. The van der Waals surface area contributed by atoms with Gasteiger partial charge in [0.25, 0.3) is 11.8 Å². The quantitative estimate of drug-likeness (QED) is 0.776. The minimum atomic E-state index is -0.212. The maximum atomic E-state index is 12.8.